The highest BCUT2D eigenvalue weighted by Crippen LogP contribution is 2.45. The molecule has 1 amide bonds. The molecule has 0 aromatic heterocycles. The van der Waals surface area contributed by atoms with Gasteiger partial charge in [0, 0.05) is 39.3 Å². The zero-order valence-corrected chi connectivity index (χ0v) is 18.1. The first-order valence-corrected chi connectivity index (χ1v) is 11.4. The van der Waals surface area contributed by atoms with Crippen LogP contribution in [0.2, 0.25) is 0 Å². The minimum atomic E-state index is 0.162. The normalized spacial score (nSPS) is 28.6. The Labute approximate surface area is 176 Å². The maximum Gasteiger partial charge on any atom is 0.227 e. The molecular formula is C24H37N3O2. The minimum absolute atomic E-state index is 0.162. The number of rotatable bonds is 7. The summed E-state index contributed by atoms with van der Waals surface area (Å²) >= 11 is 0. The van der Waals surface area contributed by atoms with Gasteiger partial charge in [0.2, 0.25) is 5.91 Å². The van der Waals surface area contributed by atoms with Gasteiger partial charge in [-0.3, -0.25) is 9.69 Å². The number of methoxy groups -OCH3 is 1. The Kier molecular flexibility index (Phi) is 6.88. The Morgan fingerprint density at radius 3 is 2.62 bits per heavy atom. The van der Waals surface area contributed by atoms with Gasteiger partial charge in [-0.05, 0) is 63.2 Å². The van der Waals surface area contributed by atoms with Crippen LogP contribution < -0.4 is 0 Å². The number of fused-ring (bicyclic) bond motifs is 1. The van der Waals surface area contributed by atoms with Crippen molar-refractivity contribution in [3.05, 3.63) is 35.9 Å². The van der Waals surface area contributed by atoms with Crippen LogP contribution in [0.3, 0.4) is 0 Å². The quantitative estimate of drug-likeness (QED) is 0.706. The summed E-state index contributed by atoms with van der Waals surface area (Å²) in [7, 11) is 3.80. The number of likely N-dealkylation sites (tertiary alicyclic amines) is 1. The molecule has 0 aliphatic carbocycles. The Morgan fingerprint density at radius 1 is 1.14 bits per heavy atom. The lowest BCUT2D eigenvalue weighted by atomic mass is 9.92. The van der Waals surface area contributed by atoms with Crippen LogP contribution in [0, 0.1) is 11.8 Å². The number of hydrogen-bond acceptors (Lipinski definition) is 4. The van der Waals surface area contributed by atoms with Crippen LogP contribution in [-0.2, 0) is 9.53 Å². The second kappa shape index (κ2) is 9.59. The Balaban J connectivity index is 1.33. The summed E-state index contributed by atoms with van der Waals surface area (Å²) in [6.45, 7) is 6.15. The fraction of sp³-hybridized carbons (Fsp3) is 0.708. The number of carbonyl (C=O) groups is 1. The lowest BCUT2D eigenvalue weighted by Crippen LogP contribution is -2.43. The summed E-state index contributed by atoms with van der Waals surface area (Å²) in [4.78, 5) is 20.6. The van der Waals surface area contributed by atoms with Gasteiger partial charge >= 0.3 is 0 Å². The van der Waals surface area contributed by atoms with Crippen molar-refractivity contribution in [2.45, 2.75) is 44.2 Å². The molecule has 1 aromatic rings. The van der Waals surface area contributed by atoms with Gasteiger partial charge in [0.1, 0.15) is 0 Å². The molecule has 29 heavy (non-hydrogen) atoms. The zero-order valence-electron chi connectivity index (χ0n) is 18.1. The van der Waals surface area contributed by atoms with E-state index in [1.807, 2.05) is 7.05 Å². The van der Waals surface area contributed by atoms with E-state index < -0.39 is 0 Å². The van der Waals surface area contributed by atoms with Gasteiger partial charge in [-0.1, -0.05) is 30.3 Å². The number of amides is 1. The maximum atomic E-state index is 13.4. The number of piperidine rings is 1. The molecule has 3 saturated heterocycles. The van der Waals surface area contributed by atoms with E-state index in [-0.39, 0.29) is 5.92 Å². The molecule has 0 spiro atoms. The highest BCUT2D eigenvalue weighted by atomic mass is 16.5. The van der Waals surface area contributed by atoms with E-state index in [0.29, 0.717) is 23.9 Å². The van der Waals surface area contributed by atoms with Crippen LogP contribution >= 0.6 is 0 Å². The SMILES string of the molecule is COCCN1CCC(CN(C)C(=O)[C@@H]2C[C@H](c3ccccc3)N3CCC[C@@H]23)CC1. The number of ether oxygens (including phenoxy) is 1. The van der Waals surface area contributed by atoms with E-state index in [4.69, 9.17) is 4.74 Å². The summed E-state index contributed by atoms with van der Waals surface area (Å²) in [5.41, 5.74) is 1.38. The number of nitrogens with zero attached hydrogens (tertiary/aromatic N) is 3. The van der Waals surface area contributed by atoms with Crippen LogP contribution in [0.15, 0.2) is 30.3 Å². The minimum Gasteiger partial charge on any atom is -0.383 e. The molecule has 160 valence electrons. The molecule has 3 fully saturated rings. The Hall–Kier alpha value is -1.43. The lowest BCUT2D eigenvalue weighted by Gasteiger charge is -2.34. The first-order chi connectivity index (χ1) is 14.2. The molecular weight excluding hydrogens is 362 g/mol. The van der Waals surface area contributed by atoms with Crippen molar-refractivity contribution < 1.29 is 9.53 Å². The summed E-state index contributed by atoms with van der Waals surface area (Å²) in [5, 5.41) is 0. The number of carbonyl (C=O) groups excluding carboxylic acids is 1. The van der Waals surface area contributed by atoms with Crippen molar-refractivity contribution in [2.75, 3.05) is 53.5 Å². The van der Waals surface area contributed by atoms with Crippen LogP contribution in [0.25, 0.3) is 0 Å². The first-order valence-electron chi connectivity index (χ1n) is 11.4. The van der Waals surface area contributed by atoms with E-state index >= 15 is 0 Å². The molecule has 0 bridgehead atoms. The number of benzene rings is 1. The summed E-state index contributed by atoms with van der Waals surface area (Å²) in [6, 6.07) is 11.6. The third-order valence-corrected chi connectivity index (χ3v) is 7.41. The van der Waals surface area contributed by atoms with E-state index in [2.05, 4.69) is 45.0 Å². The molecule has 0 saturated carbocycles. The summed E-state index contributed by atoms with van der Waals surface area (Å²) in [5.74, 6) is 1.17. The lowest BCUT2D eigenvalue weighted by molar-refractivity contribution is -0.135. The largest absolute Gasteiger partial charge is 0.383 e. The van der Waals surface area contributed by atoms with E-state index in [1.165, 1.54) is 31.2 Å². The van der Waals surface area contributed by atoms with Crippen molar-refractivity contribution in [2.24, 2.45) is 11.8 Å². The average Bonchev–Trinajstić information content (AvgIpc) is 3.36. The summed E-state index contributed by atoms with van der Waals surface area (Å²) in [6.07, 6.45) is 5.75. The molecule has 5 nitrogen and oxygen atoms in total. The second-order valence-corrected chi connectivity index (χ2v) is 9.21. The van der Waals surface area contributed by atoms with Crippen molar-refractivity contribution in [3.63, 3.8) is 0 Å². The van der Waals surface area contributed by atoms with Crippen LogP contribution in [0.1, 0.15) is 43.7 Å². The van der Waals surface area contributed by atoms with Gasteiger partial charge in [0.25, 0.3) is 0 Å². The average molecular weight is 400 g/mol. The first kappa shape index (κ1) is 20.8. The maximum absolute atomic E-state index is 13.4. The Morgan fingerprint density at radius 2 is 1.90 bits per heavy atom. The molecule has 3 atom stereocenters. The Bertz CT molecular complexity index is 659. The van der Waals surface area contributed by atoms with E-state index in [1.54, 1.807) is 7.11 Å². The highest BCUT2D eigenvalue weighted by molar-refractivity contribution is 5.80. The van der Waals surface area contributed by atoms with Crippen molar-refractivity contribution >= 4 is 5.91 Å². The smallest absolute Gasteiger partial charge is 0.227 e. The zero-order chi connectivity index (χ0) is 20.2. The third kappa shape index (κ3) is 4.68. The van der Waals surface area contributed by atoms with Crippen molar-refractivity contribution in [1.82, 2.24) is 14.7 Å². The predicted octanol–water partition coefficient (Wildman–Crippen LogP) is 3.03. The predicted molar refractivity (Wildman–Crippen MR) is 116 cm³/mol. The third-order valence-electron chi connectivity index (χ3n) is 7.41. The van der Waals surface area contributed by atoms with Crippen LogP contribution in [-0.4, -0.2) is 80.1 Å². The molecule has 3 aliphatic rings. The van der Waals surface area contributed by atoms with E-state index in [9.17, 15) is 4.79 Å². The van der Waals surface area contributed by atoms with Crippen LogP contribution in [0.4, 0.5) is 0 Å². The number of hydrogen-bond donors (Lipinski definition) is 0. The molecule has 0 N–H and O–H groups in total. The fourth-order valence-corrected chi connectivity index (χ4v) is 5.81. The molecule has 1 aromatic carbocycles. The molecule has 5 heteroatoms. The van der Waals surface area contributed by atoms with Crippen molar-refractivity contribution in [1.29, 1.82) is 0 Å². The van der Waals surface area contributed by atoms with Gasteiger partial charge in [-0.25, -0.2) is 0 Å². The molecule has 4 rings (SSSR count). The standard InChI is InChI=1S/C24H37N3O2/c1-25(18-19-10-13-26(14-11-19)15-16-29-2)24(28)21-17-23(20-7-4-3-5-8-20)27-12-6-9-22(21)27/h3-5,7-8,19,21-23H,6,9-18H2,1-2H3/t21-,22+,23-/m1/s1. The monoisotopic (exact) mass is 399 g/mol. The van der Waals surface area contributed by atoms with Crippen LogP contribution in [0.5, 0.6) is 0 Å². The molecule has 3 aliphatic heterocycles. The fourth-order valence-electron chi connectivity index (χ4n) is 5.81. The molecule has 0 radical (unpaired) electrons. The highest BCUT2D eigenvalue weighted by Gasteiger charge is 2.47. The van der Waals surface area contributed by atoms with Gasteiger partial charge in [-0.2, -0.15) is 0 Å². The van der Waals surface area contributed by atoms with Gasteiger partial charge in [0.15, 0.2) is 0 Å². The molecule has 0 unspecified atom stereocenters. The van der Waals surface area contributed by atoms with E-state index in [0.717, 1.165) is 45.8 Å². The molecule has 3 heterocycles. The van der Waals surface area contributed by atoms with Gasteiger partial charge in [-0.15, -0.1) is 0 Å². The van der Waals surface area contributed by atoms with Gasteiger partial charge in [0.05, 0.1) is 12.5 Å². The summed E-state index contributed by atoms with van der Waals surface area (Å²) < 4.78 is 5.20. The van der Waals surface area contributed by atoms with Crippen molar-refractivity contribution in [3.8, 4) is 0 Å². The topological polar surface area (TPSA) is 36.0 Å². The van der Waals surface area contributed by atoms with Gasteiger partial charge < -0.3 is 14.5 Å². The second-order valence-electron chi connectivity index (χ2n) is 9.21.